The molecule has 4 aromatic carbocycles. The van der Waals surface area contributed by atoms with Gasteiger partial charge in [0.05, 0.1) is 35.3 Å². The molecule has 4 fully saturated rings. The van der Waals surface area contributed by atoms with E-state index in [0.717, 1.165) is 31.2 Å². The Kier molecular flexibility index (Phi) is 6.91. The lowest BCUT2D eigenvalue weighted by molar-refractivity contribution is -0.136. The van der Waals surface area contributed by atoms with Crippen LogP contribution in [0.25, 0.3) is 0 Å². The summed E-state index contributed by atoms with van der Waals surface area (Å²) in [7, 11) is 0. The van der Waals surface area contributed by atoms with Crippen LogP contribution >= 0.6 is 31.9 Å². The topological polar surface area (TPSA) is 81.2 Å². The first kappa shape index (κ1) is 29.4. The summed E-state index contributed by atoms with van der Waals surface area (Å²) < 4.78 is 1.73. The van der Waals surface area contributed by atoms with Crippen molar-refractivity contribution in [1.82, 2.24) is 10.0 Å². The van der Waals surface area contributed by atoms with Gasteiger partial charge in [0.2, 0.25) is 11.8 Å². The van der Waals surface area contributed by atoms with Gasteiger partial charge in [0.15, 0.2) is 0 Å². The zero-order valence-corrected chi connectivity index (χ0v) is 28.1. The van der Waals surface area contributed by atoms with Gasteiger partial charge in [-0.2, -0.15) is 0 Å². The average Bonchev–Trinajstić information content (AvgIpc) is 3.71. The molecule has 0 radical (unpaired) electrons. The van der Waals surface area contributed by atoms with Gasteiger partial charge in [-0.05, 0) is 73.5 Å². The fourth-order valence-electron chi connectivity index (χ4n) is 7.71. The normalized spacial score (nSPS) is 27.5. The summed E-state index contributed by atoms with van der Waals surface area (Å²) in [5, 5.41) is 3.79. The Hall–Kier alpha value is -3.96. The lowest BCUT2D eigenvalue weighted by Gasteiger charge is -2.35. The van der Waals surface area contributed by atoms with Crippen LogP contribution in [0.1, 0.15) is 34.3 Å². The molecule has 0 N–H and O–H groups in total. The number of halogens is 2. The summed E-state index contributed by atoms with van der Waals surface area (Å²) in [6.45, 7) is 3.90. The number of carbonyl (C=O) groups is 4. The largest absolute Gasteiger partial charge is 0.274 e. The molecule has 6 unspecified atom stereocenters. The first-order valence-corrected chi connectivity index (χ1v) is 16.7. The number of benzene rings is 4. The first-order chi connectivity index (χ1) is 22.2. The van der Waals surface area contributed by atoms with Crippen molar-refractivity contribution in [2.45, 2.75) is 38.0 Å². The molecule has 8 rings (SSSR count). The smallest absolute Gasteiger partial charge is 0.253 e. The van der Waals surface area contributed by atoms with Crippen LogP contribution < -0.4 is 9.80 Å². The second kappa shape index (κ2) is 10.8. The van der Waals surface area contributed by atoms with Gasteiger partial charge in [-0.15, -0.1) is 0 Å². The maximum Gasteiger partial charge on any atom is 0.253 e. The molecule has 6 atom stereocenters. The standard InChI is InChI=1S/C36H28Br2N4O4/c1-19-3-15-25(16-4-19)39-33(43)27-29(21-7-11-23(37)12-8-21)42-32-28(34(44)40(36(32)46)26-17-5-20(2)6-18-26)30(41(42)31(27)35(39)45)22-9-13-24(38)14-10-22/h3-18,27-32H,1-2H3. The van der Waals surface area contributed by atoms with E-state index in [9.17, 15) is 19.2 Å². The summed E-state index contributed by atoms with van der Waals surface area (Å²) in [4.78, 5) is 60.6. The van der Waals surface area contributed by atoms with Crippen LogP contribution in [0.5, 0.6) is 0 Å². The third-order valence-electron chi connectivity index (χ3n) is 9.73. The van der Waals surface area contributed by atoms with E-state index in [1.54, 1.807) is 24.3 Å². The molecule has 0 aliphatic carbocycles. The van der Waals surface area contributed by atoms with Gasteiger partial charge < -0.3 is 0 Å². The summed E-state index contributed by atoms with van der Waals surface area (Å²) in [5.74, 6) is -2.96. The van der Waals surface area contributed by atoms with E-state index in [-0.39, 0.29) is 23.6 Å². The minimum absolute atomic E-state index is 0.320. The third-order valence-corrected chi connectivity index (χ3v) is 10.8. The highest BCUT2D eigenvalue weighted by molar-refractivity contribution is 9.10. The van der Waals surface area contributed by atoms with Crippen molar-refractivity contribution in [2.24, 2.45) is 11.8 Å². The van der Waals surface area contributed by atoms with Crippen LogP contribution in [0.2, 0.25) is 0 Å². The number of rotatable bonds is 4. The van der Waals surface area contributed by atoms with E-state index >= 15 is 0 Å². The molecular formula is C36H28Br2N4O4. The third kappa shape index (κ3) is 4.24. The van der Waals surface area contributed by atoms with Gasteiger partial charge in [0.1, 0.15) is 12.1 Å². The number of anilines is 2. The van der Waals surface area contributed by atoms with Crippen molar-refractivity contribution < 1.29 is 19.2 Å². The lowest BCUT2D eigenvalue weighted by atomic mass is 9.84. The quantitative estimate of drug-likeness (QED) is 0.230. The summed E-state index contributed by atoms with van der Waals surface area (Å²) in [6.07, 6.45) is 0. The maximum atomic E-state index is 14.5. The van der Waals surface area contributed by atoms with E-state index in [1.165, 1.54) is 9.80 Å². The molecule has 4 aliphatic heterocycles. The summed E-state index contributed by atoms with van der Waals surface area (Å²) in [5.41, 5.74) is 4.62. The number of aryl methyl sites for hydroxylation is 2. The zero-order chi connectivity index (χ0) is 32.0. The van der Waals surface area contributed by atoms with Crippen molar-refractivity contribution in [3.05, 3.63) is 128 Å². The molecule has 4 saturated heterocycles. The lowest BCUT2D eigenvalue weighted by Crippen LogP contribution is -2.50. The molecule has 230 valence electrons. The van der Waals surface area contributed by atoms with Crippen LogP contribution in [0.3, 0.4) is 0 Å². The average molecular weight is 740 g/mol. The molecule has 8 nitrogen and oxygen atoms in total. The van der Waals surface area contributed by atoms with Gasteiger partial charge in [-0.25, -0.2) is 19.8 Å². The van der Waals surface area contributed by atoms with Crippen LogP contribution in [0, 0.1) is 25.7 Å². The molecule has 10 heteroatoms. The van der Waals surface area contributed by atoms with Gasteiger partial charge in [0, 0.05) is 8.95 Å². The highest BCUT2D eigenvalue weighted by atomic mass is 79.9. The van der Waals surface area contributed by atoms with Gasteiger partial charge in [-0.3, -0.25) is 19.2 Å². The minimum atomic E-state index is -0.907. The molecule has 46 heavy (non-hydrogen) atoms. The Labute approximate surface area is 282 Å². The van der Waals surface area contributed by atoms with Crippen molar-refractivity contribution in [3.63, 3.8) is 0 Å². The molecule has 0 aromatic heterocycles. The van der Waals surface area contributed by atoms with E-state index < -0.39 is 36.0 Å². The summed E-state index contributed by atoms with van der Waals surface area (Å²) >= 11 is 7.04. The Morgan fingerprint density at radius 1 is 0.435 bits per heavy atom. The van der Waals surface area contributed by atoms with Crippen LogP contribution in [0.15, 0.2) is 106 Å². The predicted octanol–water partition coefficient (Wildman–Crippen LogP) is 6.27. The monoisotopic (exact) mass is 738 g/mol. The molecule has 0 spiro atoms. The van der Waals surface area contributed by atoms with E-state index in [0.29, 0.717) is 11.4 Å². The fourth-order valence-corrected chi connectivity index (χ4v) is 8.24. The van der Waals surface area contributed by atoms with Crippen molar-refractivity contribution in [2.75, 3.05) is 9.80 Å². The fraction of sp³-hybridized carbons (Fsp3) is 0.222. The summed E-state index contributed by atoms with van der Waals surface area (Å²) in [6, 6.07) is 26.8. The SMILES string of the molecule is Cc1ccc(N2C(=O)C3C(C2=O)N2C(c4ccc(Br)cc4)C4C(=O)N(c5ccc(C)cc5)C(=O)C4N2C3c2ccc(Br)cc2)cc1. The number of fused-ring (bicyclic) bond motifs is 5. The van der Waals surface area contributed by atoms with Gasteiger partial charge >= 0.3 is 0 Å². The van der Waals surface area contributed by atoms with Crippen molar-refractivity contribution >= 4 is 66.9 Å². The molecule has 4 amide bonds. The minimum Gasteiger partial charge on any atom is -0.274 e. The van der Waals surface area contributed by atoms with Crippen LogP contribution in [0.4, 0.5) is 11.4 Å². The maximum absolute atomic E-state index is 14.5. The zero-order valence-electron chi connectivity index (χ0n) is 24.9. The Morgan fingerprint density at radius 2 is 0.761 bits per heavy atom. The van der Waals surface area contributed by atoms with E-state index in [4.69, 9.17) is 0 Å². The van der Waals surface area contributed by atoms with Crippen molar-refractivity contribution in [1.29, 1.82) is 0 Å². The van der Waals surface area contributed by atoms with Gasteiger partial charge in [-0.1, -0.05) is 91.5 Å². The van der Waals surface area contributed by atoms with E-state index in [2.05, 4.69) is 31.9 Å². The molecule has 4 aliphatic rings. The van der Waals surface area contributed by atoms with Crippen molar-refractivity contribution in [3.8, 4) is 0 Å². The Morgan fingerprint density at radius 3 is 1.09 bits per heavy atom. The van der Waals surface area contributed by atoms with E-state index in [1.807, 2.05) is 96.7 Å². The highest BCUT2D eigenvalue weighted by Crippen LogP contribution is 2.59. The second-order valence-corrected chi connectivity index (χ2v) is 14.2. The predicted molar refractivity (Wildman–Crippen MR) is 179 cm³/mol. The molecular weight excluding hydrogens is 712 g/mol. The molecule has 4 aromatic rings. The molecule has 0 bridgehead atoms. The Balaban J connectivity index is 1.32. The Bertz CT molecular complexity index is 1770. The number of hydrogen-bond acceptors (Lipinski definition) is 6. The number of imide groups is 2. The van der Waals surface area contributed by atoms with Crippen LogP contribution in [-0.4, -0.2) is 45.7 Å². The number of nitrogens with zero attached hydrogens (tertiary/aromatic N) is 4. The number of amides is 4. The second-order valence-electron chi connectivity index (χ2n) is 12.4. The number of carbonyl (C=O) groups excluding carboxylic acids is 4. The van der Waals surface area contributed by atoms with Crippen LogP contribution in [-0.2, 0) is 19.2 Å². The number of hydrogen-bond donors (Lipinski definition) is 0. The van der Waals surface area contributed by atoms with Gasteiger partial charge in [0.25, 0.3) is 11.8 Å². The first-order valence-electron chi connectivity index (χ1n) is 15.1. The number of hydrazine groups is 1. The highest BCUT2D eigenvalue weighted by Gasteiger charge is 2.73. The molecule has 0 saturated carbocycles. The molecule has 4 heterocycles.